The number of para-hydroxylation sites is 1. The number of likely N-dealkylation sites (tertiary alicyclic amines) is 1. The van der Waals surface area contributed by atoms with Crippen molar-refractivity contribution >= 4 is 23.4 Å². The Morgan fingerprint density at radius 2 is 1.74 bits per heavy atom. The van der Waals surface area contributed by atoms with Gasteiger partial charge in [0.1, 0.15) is 6.04 Å². The lowest BCUT2D eigenvalue weighted by atomic mass is 9.75. The summed E-state index contributed by atoms with van der Waals surface area (Å²) in [5.41, 5.74) is 2.71. The van der Waals surface area contributed by atoms with Gasteiger partial charge in [-0.1, -0.05) is 60.7 Å². The molecular weight excluding hydrogens is 528 g/mol. The van der Waals surface area contributed by atoms with Crippen molar-refractivity contribution in [3.8, 4) is 0 Å². The van der Waals surface area contributed by atoms with E-state index in [1.807, 2.05) is 53.4 Å². The summed E-state index contributed by atoms with van der Waals surface area (Å²) in [4.78, 5) is 45.1. The number of hydrogen-bond acceptors (Lipinski definition) is 5. The van der Waals surface area contributed by atoms with E-state index in [1.54, 1.807) is 0 Å². The second-order valence-electron chi connectivity index (χ2n) is 12.3. The molecule has 2 aromatic rings. The first-order valence-electron chi connectivity index (χ1n) is 15.5. The molecule has 4 heterocycles. The molecule has 0 unspecified atom stereocenters. The third-order valence-corrected chi connectivity index (χ3v) is 9.64. The number of ether oxygens (including phenoxy) is 1. The molecule has 8 heteroatoms. The molecule has 3 amide bonds. The summed E-state index contributed by atoms with van der Waals surface area (Å²) in [7, 11) is 0. The first kappa shape index (κ1) is 28.6. The van der Waals surface area contributed by atoms with Crippen molar-refractivity contribution < 1.29 is 19.1 Å². The molecule has 0 radical (unpaired) electrons. The summed E-state index contributed by atoms with van der Waals surface area (Å²) in [6, 6.07) is 17.4. The van der Waals surface area contributed by atoms with Gasteiger partial charge in [-0.3, -0.25) is 19.3 Å². The van der Waals surface area contributed by atoms with Crippen LogP contribution in [-0.2, 0) is 32.0 Å². The normalized spacial score (nSPS) is 27.1. The van der Waals surface area contributed by atoms with Gasteiger partial charge in [0.2, 0.25) is 17.7 Å². The lowest BCUT2D eigenvalue weighted by Gasteiger charge is -2.40. The van der Waals surface area contributed by atoms with Gasteiger partial charge in [-0.05, 0) is 61.6 Å². The summed E-state index contributed by atoms with van der Waals surface area (Å²) < 4.78 is 5.61. The van der Waals surface area contributed by atoms with Crippen molar-refractivity contribution in [1.82, 2.24) is 15.5 Å². The number of carbonyl (C=O) groups excluding carboxylic acids is 3. The Kier molecular flexibility index (Phi) is 8.72. The molecule has 2 N–H and O–H groups in total. The maximum absolute atomic E-state index is 13.8. The Morgan fingerprint density at radius 1 is 0.952 bits per heavy atom. The number of amides is 3. The fourth-order valence-corrected chi connectivity index (χ4v) is 7.07. The molecular formula is C34H42N4O4. The van der Waals surface area contributed by atoms with E-state index in [2.05, 4.69) is 33.8 Å². The van der Waals surface area contributed by atoms with E-state index in [-0.39, 0.29) is 29.7 Å². The van der Waals surface area contributed by atoms with Gasteiger partial charge in [0.25, 0.3) is 0 Å². The molecule has 42 heavy (non-hydrogen) atoms. The number of hydrogen-bond donors (Lipinski definition) is 2. The maximum Gasteiger partial charge on any atom is 0.243 e. The number of anilines is 1. The van der Waals surface area contributed by atoms with Crippen LogP contribution < -0.4 is 15.5 Å². The third kappa shape index (κ3) is 6.30. The molecule has 0 bridgehead atoms. The smallest absolute Gasteiger partial charge is 0.243 e. The zero-order valence-electron chi connectivity index (χ0n) is 24.3. The van der Waals surface area contributed by atoms with Gasteiger partial charge in [-0.2, -0.15) is 0 Å². The number of nitrogens with zero attached hydrogens (tertiary/aromatic N) is 2. The molecule has 3 atom stereocenters. The maximum atomic E-state index is 13.8. The van der Waals surface area contributed by atoms with Crippen LogP contribution in [0.1, 0.15) is 43.2 Å². The molecule has 6 rings (SSSR count). The molecule has 1 spiro atoms. The minimum atomic E-state index is -0.654. The summed E-state index contributed by atoms with van der Waals surface area (Å²) in [5, 5.41) is 6.49. The molecule has 222 valence electrons. The Morgan fingerprint density at radius 3 is 2.57 bits per heavy atom. The second-order valence-corrected chi connectivity index (χ2v) is 12.3. The van der Waals surface area contributed by atoms with Gasteiger partial charge in [-0.15, -0.1) is 0 Å². The van der Waals surface area contributed by atoms with Gasteiger partial charge >= 0.3 is 0 Å². The predicted molar refractivity (Wildman–Crippen MR) is 162 cm³/mol. The van der Waals surface area contributed by atoms with Crippen LogP contribution in [0, 0.1) is 11.3 Å². The first-order chi connectivity index (χ1) is 20.5. The van der Waals surface area contributed by atoms with Crippen LogP contribution in [0.3, 0.4) is 0 Å². The van der Waals surface area contributed by atoms with E-state index in [4.69, 9.17) is 4.74 Å². The highest BCUT2D eigenvalue weighted by atomic mass is 16.5. The minimum absolute atomic E-state index is 0.0207. The Bertz CT molecular complexity index is 1310. The van der Waals surface area contributed by atoms with Gasteiger partial charge < -0.3 is 20.3 Å². The molecule has 0 saturated carbocycles. The quantitative estimate of drug-likeness (QED) is 0.551. The van der Waals surface area contributed by atoms with E-state index in [0.717, 1.165) is 50.1 Å². The number of benzene rings is 2. The lowest BCUT2D eigenvalue weighted by Crippen LogP contribution is -2.58. The SMILES string of the molecule is O=C1N[C@@H]2CCN(CC(=O)N3CCc4ccccc43)C[C@H]2C/C=C/CC2(CCOCC2)C(=O)N[C@@H]1Cc1ccccc1. The molecule has 2 saturated heterocycles. The van der Waals surface area contributed by atoms with E-state index >= 15 is 0 Å². The number of fused-ring (bicyclic) bond motifs is 2. The van der Waals surface area contributed by atoms with E-state index in [1.165, 1.54) is 5.56 Å². The Labute approximate surface area is 248 Å². The van der Waals surface area contributed by atoms with Crippen molar-refractivity contribution in [2.24, 2.45) is 11.3 Å². The lowest BCUT2D eigenvalue weighted by molar-refractivity contribution is -0.140. The van der Waals surface area contributed by atoms with E-state index in [0.29, 0.717) is 45.4 Å². The van der Waals surface area contributed by atoms with Crippen LogP contribution in [0.25, 0.3) is 0 Å². The van der Waals surface area contributed by atoms with Gasteiger partial charge in [0.15, 0.2) is 0 Å². The highest BCUT2D eigenvalue weighted by Gasteiger charge is 2.41. The fourth-order valence-electron chi connectivity index (χ4n) is 7.07. The zero-order chi connectivity index (χ0) is 28.9. The van der Waals surface area contributed by atoms with Crippen LogP contribution in [0.2, 0.25) is 0 Å². The average molecular weight is 571 g/mol. The van der Waals surface area contributed by atoms with Crippen LogP contribution in [0.5, 0.6) is 0 Å². The minimum Gasteiger partial charge on any atom is -0.381 e. The molecule has 4 aliphatic rings. The topological polar surface area (TPSA) is 91.0 Å². The molecule has 2 fully saturated rings. The van der Waals surface area contributed by atoms with Crippen LogP contribution in [0.4, 0.5) is 5.69 Å². The number of carbonyl (C=O) groups is 3. The van der Waals surface area contributed by atoms with Crippen molar-refractivity contribution in [3.05, 3.63) is 77.9 Å². The standard InChI is InChI=1S/C34H42N4O4/c39-31(38-19-13-26-10-4-5-12-30(26)38)24-37-18-14-28-27(23-37)11-6-7-15-34(16-20-42-21-17-34)33(41)36-29(32(40)35-28)22-25-8-2-1-3-9-25/h1-10,12,27-29H,11,13-24H2,(H,35,40)(H,36,41)/b7-6+/t27-,28-,29-/m1/s1. The van der Waals surface area contributed by atoms with E-state index < -0.39 is 11.5 Å². The summed E-state index contributed by atoms with van der Waals surface area (Å²) in [6.07, 6.45) is 9.15. The number of allylic oxidation sites excluding steroid dienone is 2. The van der Waals surface area contributed by atoms with Gasteiger partial charge in [0, 0.05) is 51.0 Å². The van der Waals surface area contributed by atoms with Crippen molar-refractivity contribution in [2.75, 3.05) is 44.3 Å². The summed E-state index contributed by atoms with van der Waals surface area (Å²) in [6.45, 7) is 3.69. The number of nitrogens with one attached hydrogen (secondary N) is 2. The van der Waals surface area contributed by atoms with E-state index in [9.17, 15) is 14.4 Å². The Balaban J connectivity index is 1.19. The Hall–Kier alpha value is -3.49. The molecule has 8 nitrogen and oxygen atoms in total. The third-order valence-electron chi connectivity index (χ3n) is 9.64. The summed E-state index contributed by atoms with van der Waals surface area (Å²) in [5.74, 6) is 0.127. The first-order valence-corrected chi connectivity index (χ1v) is 15.5. The van der Waals surface area contributed by atoms with Gasteiger partial charge in [-0.25, -0.2) is 0 Å². The van der Waals surface area contributed by atoms with Crippen LogP contribution >= 0.6 is 0 Å². The van der Waals surface area contributed by atoms with Gasteiger partial charge in [0.05, 0.1) is 12.0 Å². The molecule has 0 aliphatic carbocycles. The molecule has 4 aliphatic heterocycles. The monoisotopic (exact) mass is 570 g/mol. The zero-order valence-corrected chi connectivity index (χ0v) is 24.3. The van der Waals surface area contributed by atoms with Crippen molar-refractivity contribution in [3.63, 3.8) is 0 Å². The van der Waals surface area contributed by atoms with Crippen molar-refractivity contribution in [1.29, 1.82) is 0 Å². The highest BCUT2D eigenvalue weighted by molar-refractivity contribution is 5.96. The second kappa shape index (κ2) is 12.8. The number of rotatable bonds is 4. The molecule has 0 aromatic heterocycles. The average Bonchev–Trinajstić information content (AvgIpc) is 3.45. The van der Waals surface area contributed by atoms with Crippen LogP contribution in [-0.4, -0.2) is 74.1 Å². The fraction of sp³-hybridized carbons (Fsp3) is 0.500. The molecule has 2 aromatic carbocycles. The highest BCUT2D eigenvalue weighted by Crippen LogP contribution is 2.36. The van der Waals surface area contributed by atoms with Crippen molar-refractivity contribution in [2.45, 2.75) is 57.0 Å². The largest absolute Gasteiger partial charge is 0.381 e. The summed E-state index contributed by atoms with van der Waals surface area (Å²) >= 11 is 0. The predicted octanol–water partition coefficient (Wildman–Crippen LogP) is 3.26. The van der Waals surface area contributed by atoms with Crippen LogP contribution in [0.15, 0.2) is 66.7 Å². The number of piperidine rings is 1.